The number of fused-ring (bicyclic) bond motifs is 1. The largest absolute Gasteiger partial charge is 0.493 e. The summed E-state index contributed by atoms with van der Waals surface area (Å²) in [6.07, 6.45) is -2.37. The van der Waals surface area contributed by atoms with Crippen LogP contribution in [-0.2, 0) is 35.1 Å². The molecule has 3 aromatic carbocycles. The van der Waals surface area contributed by atoms with Crippen LogP contribution in [0, 0.1) is 0 Å². The van der Waals surface area contributed by atoms with Crippen LogP contribution in [-0.4, -0.2) is 56.1 Å². The lowest BCUT2D eigenvalue weighted by atomic mass is 9.93. The summed E-state index contributed by atoms with van der Waals surface area (Å²) in [6, 6.07) is 9.55. The maximum atomic E-state index is 13.7. The van der Waals surface area contributed by atoms with Crippen LogP contribution in [0.25, 0.3) is 0 Å². The number of benzene rings is 3. The maximum absolute atomic E-state index is 13.7. The predicted octanol–water partition coefficient (Wildman–Crippen LogP) is 4.23. The maximum Gasteiger partial charge on any atom is 0.338 e. The lowest BCUT2D eigenvalue weighted by Crippen LogP contribution is -2.35. The minimum absolute atomic E-state index is 0.00511. The summed E-state index contributed by atoms with van der Waals surface area (Å²) in [7, 11) is 2.61. The SMILES string of the molecule is COc1cc(C(=O)O[C@H]2Cc3c(OC(C)=O)cc(OC(C)=O)cc3O[C@@H]2c2ccc(OC(C)=O)c(OC(C)=O)c2)cc(OC)c1OC(C)=O. The number of rotatable bonds is 10. The summed E-state index contributed by atoms with van der Waals surface area (Å²) < 4.78 is 49.3. The Kier molecular flexibility index (Phi) is 11.1. The minimum Gasteiger partial charge on any atom is -0.493 e. The highest BCUT2D eigenvalue weighted by molar-refractivity contribution is 5.92. The third-order valence-corrected chi connectivity index (χ3v) is 6.66. The molecule has 0 fully saturated rings. The summed E-state index contributed by atoms with van der Waals surface area (Å²) >= 11 is 0. The van der Waals surface area contributed by atoms with Crippen molar-refractivity contribution in [3.05, 3.63) is 59.2 Å². The zero-order valence-corrected chi connectivity index (χ0v) is 27.5. The number of methoxy groups -OCH3 is 2. The molecule has 15 nitrogen and oxygen atoms in total. The Balaban J connectivity index is 1.84. The fraction of sp³-hybridized carbons (Fsp3) is 0.294. The number of hydrogen-bond acceptors (Lipinski definition) is 15. The number of ether oxygens (including phenoxy) is 9. The Bertz CT molecular complexity index is 1800. The lowest BCUT2D eigenvalue weighted by Gasteiger charge is -2.34. The third-order valence-electron chi connectivity index (χ3n) is 6.66. The van der Waals surface area contributed by atoms with Gasteiger partial charge in [-0.3, -0.25) is 24.0 Å². The lowest BCUT2D eigenvalue weighted by molar-refractivity contribution is -0.134. The molecule has 1 aliphatic heterocycles. The molecule has 0 saturated heterocycles. The molecule has 0 saturated carbocycles. The monoisotopic (exact) mass is 680 g/mol. The topological polar surface area (TPSA) is 185 Å². The van der Waals surface area contributed by atoms with E-state index < -0.39 is 48.0 Å². The zero-order valence-electron chi connectivity index (χ0n) is 27.5. The van der Waals surface area contributed by atoms with Crippen LogP contribution >= 0.6 is 0 Å². The van der Waals surface area contributed by atoms with Crippen molar-refractivity contribution in [1.82, 2.24) is 0 Å². The molecule has 0 spiro atoms. The van der Waals surface area contributed by atoms with Crippen molar-refractivity contribution < 1.29 is 71.4 Å². The van der Waals surface area contributed by atoms with Gasteiger partial charge in [-0.15, -0.1) is 0 Å². The Morgan fingerprint density at radius 3 is 1.71 bits per heavy atom. The Morgan fingerprint density at radius 2 is 1.16 bits per heavy atom. The van der Waals surface area contributed by atoms with E-state index in [-0.39, 0.29) is 58.0 Å². The first-order valence-electron chi connectivity index (χ1n) is 14.6. The second kappa shape index (κ2) is 15.2. The van der Waals surface area contributed by atoms with Crippen LogP contribution in [0.4, 0.5) is 0 Å². The van der Waals surface area contributed by atoms with Crippen LogP contribution in [0.15, 0.2) is 42.5 Å². The van der Waals surface area contributed by atoms with E-state index in [1.165, 1.54) is 84.4 Å². The van der Waals surface area contributed by atoms with E-state index in [1.54, 1.807) is 0 Å². The molecular formula is C34H32O15. The Morgan fingerprint density at radius 1 is 0.612 bits per heavy atom. The van der Waals surface area contributed by atoms with E-state index in [1.807, 2.05) is 0 Å². The molecule has 0 N–H and O–H groups in total. The molecule has 0 aromatic heterocycles. The molecule has 1 heterocycles. The standard InChI is InChI=1S/C34H32O15/c1-16(35)43-23-13-26(45-18(3)37)24-15-31(49-34(40)22-11-29(41-6)33(47-20(5)39)30(12-22)42-7)32(48-27(24)14-23)21-8-9-25(44-17(2)36)28(10-21)46-19(4)38/h8-14,31-32H,15H2,1-7H3/t31-,32+/m0/s1. The van der Waals surface area contributed by atoms with Crippen LogP contribution in [0.3, 0.4) is 0 Å². The molecule has 3 aromatic rings. The van der Waals surface area contributed by atoms with Gasteiger partial charge in [-0.05, 0) is 24.3 Å². The van der Waals surface area contributed by atoms with Gasteiger partial charge in [0.05, 0.1) is 19.8 Å². The predicted molar refractivity (Wildman–Crippen MR) is 165 cm³/mol. The molecule has 4 rings (SSSR count). The fourth-order valence-electron chi connectivity index (χ4n) is 4.90. The molecule has 2 atom stereocenters. The highest BCUT2D eigenvalue weighted by Gasteiger charge is 2.38. The van der Waals surface area contributed by atoms with Crippen molar-refractivity contribution in [2.24, 2.45) is 0 Å². The summed E-state index contributed by atoms with van der Waals surface area (Å²) in [5.74, 6) is -4.34. The first kappa shape index (κ1) is 35.7. The summed E-state index contributed by atoms with van der Waals surface area (Å²) in [4.78, 5) is 72.8. The van der Waals surface area contributed by atoms with E-state index in [4.69, 9.17) is 42.6 Å². The van der Waals surface area contributed by atoms with Crippen LogP contribution < -0.4 is 37.9 Å². The van der Waals surface area contributed by atoms with Crippen LogP contribution in [0.5, 0.6) is 46.0 Å². The first-order valence-corrected chi connectivity index (χ1v) is 14.6. The van der Waals surface area contributed by atoms with Gasteiger partial charge in [0.25, 0.3) is 0 Å². The van der Waals surface area contributed by atoms with E-state index in [0.717, 1.165) is 6.92 Å². The molecule has 0 radical (unpaired) electrons. The fourth-order valence-corrected chi connectivity index (χ4v) is 4.90. The second-order valence-electron chi connectivity index (χ2n) is 10.5. The first-order chi connectivity index (χ1) is 23.2. The van der Waals surface area contributed by atoms with Crippen molar-refractivity contribution in [3.8, 4) is 46.0 Å². The van der Waals surface area contributed by atoms with Crippen molar-refractivity contribution in [1.29, 1.82) is 0 Å². The average molecular weight is 681 g/mol. The van der Waals surface area contributed by atoms with Crippen LogP contribution in [0.2, 0.25) is 0 Å². The van der Waals surface area contributed by atoms with Crippen molar-refractivity contribution >= 4 is 35.8 Å². The molecular weight excluding hydrogens is 648 g/mol. The van der Waals surface area contributed by atoms with Gasteiger partial charge in [-0.2, -0.15) is 0 Å². The van der Waals surface area contributed by atoms with Crippen molar-refractivity contribution in [2.45, 2.75) is 53.2 Å². The van der Waals surface area contributed by atoms with E-state index in [2.05, 4.69) is 0 Å². The average Bonchev–Trinajstić information content (AvgIpc) is 3.00. The number of hydrogen-bond donors (Lipinski definition) is 0. The summed E-state index contributed by atoms with van der Waals surface area (Å²) in [5, 5.41) is 0. The molecule has 0 unspecified atom stereocenters. The molecule has 15 heteroatoms. The molecule has 0 bridgehead atoms. The smallest absolute Gasteiger partial charge is 0.338 e. The molecule has 258 valence electrons. The van der Waals surface area contributed by atoms with Gasteiger partial charge in [-0.25, -0.2) is 4.79 Å². The van der Waals surface area contributed by atoms with Crippen LogP contribution in [0.1, 0.15) is 62.2 Å². The summed E-state index contributed by atoms with van der Waals surface area (Å²) in [5.41, 5.74) is 0.561. The summed E-state index contributed by atoms with van der Waals surface area (Å²) in [6.45, 7) is 5.88. The number of carbonyl (C=O) groups is 6. The second-order valence-corrected chi connectivity index (χ2v) is 10.5. The molecule has 0 amide bonds. The highest BCUT2D eigenvalue weighted by atomic mass is 16.6. The van der Waals surface area contributed by atoms with Gasteiger partial charge in [0.1, 0.15) is 23.4 Å². The van der Waals surface area contributed by atoms with Gasteiger partial charge < -0.3 is 42.6 Å². The minimum atomic E-state index is -1.15. The highest BCUT2D eigenvalue weighted by Crippen LogP contribution is 2.46. The van der Waals surface area contributed by atoms with Gasteiger partial charge >= 0.3 is 35.8 Å². The van der Waals surface area contributed by atoms with Gasteiger partial charge in [-0.1, -0.05) is 6.07 Å². The van der Waals surface area contributed by atoms with Gasteiger partial charge in [0.2, 0.25) is 5.75 Å². The molecule has 49 heavy (non-hydrogen) atoms. The van der Waals surface area contributed by atoms with E-state index in [9.17, 15) is 28.8 Å². The Hall–Kier alpha value is -6.12. The molecule has 0 aliphatic carbocycles. The molecule has 1 aliphatic rings. The van der Waals surface area contributed by atoms with Gasteiger partial charge in [0.15, 0.2) is 29.1 Å². The van der Waals surface area contributed by atoms with Crippen molar-refractivity contribution in [2.75, 3.05) is 14.2 Å². The number of esters is 6. The zero-order chi connectivity index (χ0) is 36.0. The van der Waals surface area contributed by atoms with E-state index in [0.29, 0.717) is 11.1 Å². The van der Waals surface area contributed by atoms with E-state index >= 15 is 0 Å². The Labute approximate surface area is 279 Å². The normalized spacial score (nSPS) is 14.6. The third kappa shape index (κ3) is 8.82. The van der Waals surface area contributed by atoms with Gasteiger partial charge in [0, 0.05) is 64.3 Å². The van der Waals surface area contributed by atoms with Crippen molar-refractivity contribution in [3.63, 3.8) is 0 Å². The quantitative estimate of drug-likeness (QED) is 0.219. The number of carbonyl (C=O) groups excluding carboxylic acids is 6.